The summed E-state index contributed by atoms with van der Waals surface area (Å²) in [5.74, 6) is 0.0697. The van der Waals surface area contributed by atoms with Gasteiger partial charge in [-0.25, -0.2) is 0 Å². The predicted molar refractivity (Wildman–Crippen MR) is 72.1 cm³/mol. The first-order chi connectivity index (χ1) is 8.61. The molecule has 0 aliphatic carbocycles. The molecule has 4 nitrogen and oxygen atoms in total. The molecule has 0 heterocycles. The fraction of sp³-hybridized carbons (Fsp3) is 0.500. The number of aliphatic hydroxyl groups is 1. The highest BCUT2D eigenvalue weighted by molar-refractivity contribution is 5.77. The van der Waals surface area contributed by atoms with E-state index in [9.17, 15) is 9.90 Å². The molecule has 0 spiro atoms. The maximum atomic E-state index is 11.3. The van der Waals surface area contributed by atoms with E-state index in [1.54, 1.807) is 0 Å². The minimum Gasteiger partial charge on any atom is -0.387 e. The van der Waals surface area contributed by atoms with Gasteiger partial charge in [-0.1, -0.05) is 44.2 Å². The summed E-state index contributed by atoms with van der Waals surface area (Å²) in [4.78, 5) is 11.3. The van der Waals surface area contributed by atoms with Gasteiger partial charge < -0.3 is 15.7 Å². The van der Waals surface area contributed by atoms with Crippen LogP contribution in [0.2, 0.25) is 0 Å². The van der Waals surface area contributed by atoms with Crippen LogP contribution in [0.3, 0.4) is 0 Å². The minimum absolute atomic E-state index is 0.0138. The molecule has 1 aromatic carbocycles. The van der Waals surface area contributed by atoms with Gasteiger partial charge in [-0.15, -0.1) is 0 Å². The van der Waals surface area contributed by atoms with Gasteiger partial charge in [0.25, 0.3) is 0 Å². The number of hydrogen-bond donors (Lipinski definition) is 3. The number of carbonyl (C=O) groups is 1. The molecule has 18 heavy (non-hydrogen) atoms. The Kier molecular flexibility index (Phi) is 6.39. The summed E-state index contributed by atoms with van der Waals surface area (Å²) in [5.41, 5.74) is 0.899. The fourth-order valence-electron chi connectivity index (χ4n) is 1.51. The van der Waals surface area contributed by atoms with Crippen LogP contribution in [-0.2, 0) is 4.79 Å². The predicted octanol–water partition coefficient (Wildman–Crippen LogP) is 1.08. The van der Waals surface area contributed by atoms with E-state index in [0.717, 1.165) is 5.56 Å². The van der Waals surface area contributed by atoms with Crippen LogP contribution in [0, 0.1) is 5.92 Å². The average Bonchev–Trinajstić information content (AvgIpc) is 2.38. The summed E-state index contributed by atoms with van der Waals surface area (Å²) in [5, 5.41) is 15.8. The van der Waals surface area contributed by atoms with Crippen LogP contribution in [-0.4, -0.2) is 30.6 Å². The van der Waals surface area contributed by atoms with Crippen molar-refractivity contribution in [3.05, 3.63) is 35.9 Å². The summed E-state index contributed by atoms with van der Waals surface area (Å²) in [6, 6.07) is 9.52. The first-order valence-corrected chi connectivity index (χ1v) is 6.32. The summed E-state index contributed by atoms with van der Waals surface area (Å²) in [7, 11) is 0. The number of hydrogen-bond acceptors (Lipinski definition) is 3. The third-order valence-corrected chi connectivity index (χ3v) is 2.65. The maximum absolute atomic E-state index is 11.3. The van der Waals surface area contributed by atoms with Crippen molar-refractivity contribution in [2.24, 2.45) is 5.92 Å². The highest BCUT2D eigenvalue weighted by atomic mass is 16.3. The van der Waals surface area contributed by atoms with Crippen molar-refractivity contribution in [3.8, 4) is 0 Å². The lowest BCUT2D eigenvalue weighted by Crippen LogP contribution is -2.35. The molecule has 0 saturated carbocycles. The van der Waals surface area contributed by atoms with E-state index >= 15 is 0 Å². The SMILES string of the molecule is CC(C)C(=O)NCCNC[C@@H](O)c1ccccc1. The lowest BCUT2D eigenvalue weighted by Gasteiger charge is -2.13. The van der Waals surface area contributed by atoms with Crippen molar-refractivity contribution in [2.45, 2.75) is 20.0 Å². The highest BCUT2D eigenvalue weighted by Crippen LogP contribution is 2.09. The van der Waals surface area contributed by atoms with Gasteiger partial charge in [0.2, 0.25) is 5.91 Å². The van der Waals surface area contributed by atoms with Gasteiger partial charge in [0.05, 0.1) is 6.10 Å². The van der Waals surface area contributed by atoms with Crippen molar-refractivity contribution < 1.29 is 9.90 Å². The number of nitrogens with one attached hydrogen (secondary N) is 2. The molecule has 0 unspecified atom stereocenters. The van der Waals surface area contributed by atoms with Crippen molar-refractivity contribution >= 4 is 5.91 Å². The molecular formula is C14H22N2O2. The van der Waals surface area contributed by atoms with E-state index in [-0.39, 0.29) is 11.8 Å². The average molecular weight is 250 g/mol. The zero-order valence-corrected chi connectivity index (χ0v) is 11.0. The van der Waals surface area contributed by atoms with E-state index in [2.05, 4.69) is 10.6 Å². The lowest BCUT2D eigenvalue weighted by molar-refractivity contribution is -0.123. The quantitative estimate of drug-likeness (QED) is 0.635. The largest absolute Gasteiger partial charge is 0.387 e. The van der Waals surface area contributed by atoms with Crippen LogP contribution in [0.1, 0.15) is 25.5 Å². The van der Waals surface area contributed by atoms with Crippen molar-refractivity contribution in [2.75, 3.05) is 19.6 Å². The summed E-state index contributed by atoms with van der Waals surface area (Å²) in [6.45, 7) is 5.45. The molecule has 0 fully saturated rings. The number of carbonyl (C=O) groups excluding carboxylic acids is 1. The molecule has 0 aromatic heterocycles. The van der Waals surface area contributed by atoms with Crippen LogP contribution >= 0.6 is 0 Å². The maximum Gasteiger partial charge on any atom is 0.222 e. The Morgan fingerprint density at radius 1 is 1.22 bits per heavy atom. The molecule has 0 bridgehead atoms. The first kappa shape index (κ1) is 14.7. The zero-order chi connectivity index (χ0) is 13.4. The molecule has 0 aliphatic heterocycles. The monoisotopic (exact) mass is 250 g/mol. The third kappa shape index (κ3) is 5.29. The van der Waals surface area contributed by atoms with E-state index in [0.29, 0.717) is 19.6 Å². The minimum atomic E-state index is -0.507. The molecular weight excluding hydrogens is 228 g/mol. The Labute approximate surface area is 108 Å². The van der Waals surface area contributed by atoms with Crippen LogP contribution in [0.4, 0.5) is 0 Å². The molecule has 100 valence electrons. The number of aliphatic hydroxyl groups excluding tert-OH is 1. The molecule has 3 N–H and O–H groups in total. The Morgan fingerprint density at radius 2 is 1.89 bits per heavy atom. The first-order valence-electron chi connectivity index (χ1n) is 6.32. The number of benzene rings is 1. The second-order valence-electron chi connectivity index (χ2n) is 4.58. The van der Waals surface area contributed by atoms with Gasteiger partial charge in [-0.05, 0) is 5.56 Å². The topological polar surface area (TPSA) is 61.4 Å². The third-order valence-electron chi connectivity index (χ3n) is 2.65. The van der Waals surface area contributed by atoms with Crippen LogP contribution in [0.5, 0.6) is 0 Å². The fourth-order valence-corrected chi connectivity index (χ4v) is 1.51. The molecule has 4 heteroatoms. The Balaban J connectivity index is 2.13. The van der Waals surface area contributed by atoms with Crippen LogP contribution in [0.15, 0.2) is 30.3 Å². The standard InChI is InChI=1S/C14H22N2O2/c1-11(2)14(18)16-9-8-15-10-13(17)12-6-4-3-5-7-12/h3-7,11,13,15,17H,8-10H2,1-2H3,(H,16,18)/t13-/m1/s1. The van der Waals surface area contributed by atoms with Crippen molar-refractivity contribution in [1.82, 2.24) is 10.6 Å². The van der Waals surface area contributed by atoms with E-state index in [1.807, 2.05) is 44.2 Å². The molecule has 0 saturated heterocycles. The van der Waals surface area contributed by atoms with Crippen molar-refractivity contribution in [1.29, 1.82) is 0 Å². The Hall–Kier alpha value is -1.39. The zero-order valence-electron chi connectivity index (χ0n) is 11.0. The van der Waals surface area contributed by atoms with Gasteiger partial charge in [0, 0.05) is 25.6 Å². The number of amides is 1. The van der Waals surface area contributed by atoms with Crippen LogP contribution in [0.25, 0.3) is 0 Å². The molecule has 0 aliphatic rings. The Morgan fingerprint density at radius 3 is 2.50 bits per heavy atom. The molecule has 1 rings (SSSR count). The molecule has 1 atom stereocenters. The van der Waals surface area contributed by atoms with Gasteiger partial charge in [-0.3, -0.25) is 4.79 Å². The number of rotatable bonds is 7. The summed E-state index contributed by atoms with van der Waals surface area (Å²) >= 11 is 0. The van der Waals surface area contributed by atoms with E-state index in [1.165, 1.54) is 0 Å². The second kappa shape index (κ2) is 7.84. The van der Waals surface area contributed by atoms with Gasteiger partial charge in [-0.2, -0.15) is 0 Å². The molecule has 1 amide bonds. The van der Waals surface area contributed by atoms with Crippen molar-refractivity contribution in [3.63, 3.8) is 0 Å². The van der Waals surface area contributed by atoms with Gasteiger partial charge in [0.1, 0.15) is 0 Å². The normalized spacial score (nSPS) is 12.4. The summed E-state index contributed by atoms with van der Waals surface area (Å²) < 4.78 is 0. The van der Waals surface area contributed by atoms with Gasteiger partial charge >= 0.3 is 0 Å². The smallest absolute Gasteiger partial charge is 0.222 e. The van der Waals surface area contributed by atoms with E-state index < -0.39 is 6.10 Å². The van der Waals surface area contributed by atoms with Crippen LogP contribution < -0.4 is 10.6 Å². The second-order valence-corrected chi connectivity index (χ2v) is 4.58. The van der Waals surface area contributed by atoms with E-state index in [4.69, 9.17) is 0 Å². The Bertz CT molecular complexity index is 352. The highest BCUT2D eigenvalue weighted by Gasteiger charge is 2.07. The molecule has 1 aromatic rings. The summed E-state index contributed by atoms with van der Waals surface area (Å²) in [6.07, 6.45) is -0.507. The van der Waals surface area contributed by atoms with Gasteiger partial charge in [0.15, 0.2) is 0 Å². The lowest BCUT2D eigenvalue weighted by atomic mass is 10.1. The molecule has 0 radical (unpaired) electrons.